The molecular formula is C39H43N3O7S. The van der Waals surface area contributed by atoms with Crippen LogP contribution in [0.2, 0.25) is 0 Å². The number of nitrogens with zero attached hydrogens (tertiary/aromatic N) is 1. The van der Waals surface area contributed by atoms with Gasteiger partial charge >= 0.3 is 0 Å². The van der Waals surface area contributed by atoms with Gasteiger partial charge in [0.25, 0.3) is 0 Å². The Bertz CT molecular complexity index is 1870. The number of nitrogens with one attached hydrogen (secondary N) is 2. The summed E-state index contributed by atoms with van der Waals surface area (Å²) in [5.41, 5.74) is 3.23. The third-order valence-electron chi connectivity index (χ3n) is 8.06. The third-order valence-corrected chi connectivity index (χ3v) is 9.15. The molecule has 0 saturated heterocycles. The number of ether oxygens (including phenoxy) is 6. The van der Waals surface area contributed by atoms with Crippen molar-refractivity contribution in [2.24, 2.45) is 0 Å². The quantitative estimate of drug-likeness (QED) is 0.0420. The molecule has 0 aliphatic rings. The van der Waals surface area contributed by atoms with Gasteiger partial charge in [-0.15, -0.1) is 11.3 Å². The number of benzene rings is 4. The topological polar surface area (TPSA) is 109 Å². The van der Waals surface area contributed by atoms with E-state index in [0.29, 0.717) is 54.1 Å². The van der Waals surface area contributed by atoms with Crippen LogP contribution < -0.4 is 39.1 Å². The van der Waals surface area contributed by atoms with E-state index in [1.165, 1.54) is 32.1 Å². The Balaban J connectivity index is 1.09. The average Bonchev–Trinajstić information content (AvgIpc) is 3.59. The molecule has 5 aromatic rings. The van der Waals surface area contributed by atoms with Crippen molar-refractivity contribution in [3.05, 3.63) is 96.1 Å². The third kappa shape index (κ3) is 9.12. The molecule has 0 fully saturated rings. The largest absolute Gasteiger partial charge is 0.493 e. The fourth-order valence-electron chi connectivity index (χ4n) is 5.16. The van der Waals surface area contributed by atoms with Crippen LogP contribution >= 0.6 is 11.3 Å². The molecule has 2 unspecified atom stereocenters. The maximum absolute atomic E-state index is 13.0. The van der Waals surface area contributed by atoms with Crippen molar-refractivity contribution in [2.45, 2.75) is 26.0 Å². The fourth-order valence-corrected chi connectivity index (χ4v) is 6.12. The normalized spacial score (nSPS) is 12.4. The van der Waals surface area contributed by atoms with Crippen molar-refractivity contribution in [3.8, 4) is 45.1 Å². The molecule has 0 amide bonds. The van der Waals surface area contributed by atoms with Crippen molar-refractivity contribution in [1.82, 2.24) is 15.6 Å². The molecule has 2 N–H and O–H groups in total. The van der Waals surface area contributed by atoms with Crippen molar-refractivity contribution >= 4 is 33.4 Å². The number of ketones is 1. The molecule has 0 aliphatic heterocycles. The van der Waals surface area contributed by atoms with Gasteiger partial charge < -0.3 is 33.7 Å². The SMILES string of the molecule is COc1ccc(C=CC(=O)c2cc(OC)c(OC)c(OC)c2)cc1OC(C)C(C)NCCNCOc1cccc(-c2nc3ccccc3s2)c1. The minimum absolute atomic E-state index is 0.0359. The number of para-hydroxylation sites is 1. The van der Waals surface area contributed by atoms with Crippen LogP contribution in [0.3, 0.4) is 0 Å². The summed E-state index contributed by atoms with van der Waals surface area (Å²) in [6, 6.07) is 25.0. The summed E-state index contributed by atoms with van der Waals surface area (Å²) < 4.78 is 35.1. The Hall–Kier alpha value is -5.10. The second kappa shape index (κ2) is 17.5. The first-order chi connectivity index (χ1) is 24.3. The molecule has 262 valence electrons. The second-order valence-corrected chi connectivity index (χ2v) is 12.4. The molecule has 0 radical (unpaired) electrons. The molecular weight excluding hydrogens is 655 g/mol. The van der Waals surface area contributed by atoms with Crippen LogP contribution in [0.5, 0.6) is 34.5 Å². The number of hydrogen-bond donors (Lipinski definition) is 2. The Labute approximate surface area is 297 Å². The fraction of sp³-hybridized carbons (Fsp3) is 0.282. The summed E-state index contributed by atoms with van der Waals surface area (Å²) >= 11 is 1.67. The number of fused-ring (bicyclic) bond motifs is 1. The molecule has 0 spiro atoms. The predicted octanol–water partition coefficient (Wildman–Crippen LogP) is 7.27. The van der Waals surface area contributed by atoms with Gasteiger partial charge in [-0.2, -0.15) is 0 Å². The van der Waals surface area contributed by atoms with Crippen LogP contribution in [0.15, 0.2) is 84.9 Å². The minimum Gasteiger partial charge on any atom is -0.493 e. The van der Waals surface area contributed by atoms with Crippen LogP contribution in [0.1, 0.15) is 29.8 Å². The highest BCUT2D eigenvalue weighted by Gasteiger charge is 2.18. The molecule has 2 atom stereocenters. The highest BCUT2D eigenvalue weighted by atomic mass is 32.1. The number of carbonyl (C=O) groups excluding carboxylic acids is 1. The molecule has 50 heavy (non-hydrogen) atoms. The number of thiazole rings is 1. The monoisotopic (exact) mass is 697 g/mol. The second-order valence-electron chi connectivity index (χ2n) is 11.4. The van der Waals surface area contributed by atoms with Gasteiger partial charge in [-0.1, -0.05) is 36.4 Å². The number of carbonyl (C=O) groups is 1. The van der Waals surface area contributed by atoms with Gasteiger partial charge in [0.2, 0.25) is 5.75 Å². The lowest BCUT2D eigenvalue weighted by molar-refractivity contribution is 0.104. The zero-order valence-electron chi connectivity index (χ0n) is 29.1. The van der Waals surface area contributed by atoms with Gasteiger partial charge in [-0.3, -0.25) is 10.1 Å². The summed E-state index contributed by atoms with van der Waals surface area (Å²) in [5.74, 6) is 2.99. The molecule has 11 heteroatoms. The van der Waals surface area contributed by atoms with Crippen LogP contribution in [0, 0.1) is 0 Å². The van der Waals surface area contributed by atoms with E-state index in [2.05, 4.69) is 29.7 Å². The number of rotatable bonds is 18. The standard InChI is InChI=1S/C39H43N3O7S/c1-25(41-19-18-40-24-48-30-11-9-10-28(21-30)39-42-31-12-7-8-13-37(31)50-39)26(2)49-34-20-27(15-17-33(34)44-3)14-16-32(43)29-22-35(45-4)38(47-6)36(23-29)46-5/h7-17,20-23,25-26,40-41H,18-19,24H2,1-6H3. The first-order valence-electron chi connectivity index (χ1n) is 16.2. The number of allylic oxidation sites excluding steroid dienone is 1. The van der Waals surface area contributed by atoms with Crippen LogP contribution in [-0.2, 0) is 0 Å². The molecule has 1 heterocycles. The van der Waals surface area contributed by atoms with E-state index in [-0.39, 0.29) is 17.9 Å². The minimum atomic E-state index is -0.217. The number of methoxy groups -OCH3 is 4. The maximum Gasteiger partial charge on any atom is 0.203 e. The summed E-state index contributed by atoms with van der Waals surface area (Å²) in [4.78, 5) is 17.8. The van der Waals surface area contributed by atoms with Gasteiger partial charge in [0, 0.05) is 30.3 Å². The summed E-state index contributed by atoms with van der Waals surface area (Å²) in [6.45, 7) is 5.87. The van der Waals surface area contributed by atoms with E-state index in [4.69, 9.17) is 33.4 Å². The highest BCUT2D eigenvalue weighted by Crippen LogP contribution is 2.38. The Morgan fingerprint density at radius 3 is 2.30 bits per heavy atom. The predicted molar refractivity (Wildman–Crippen MR) is 199 cm³/mol. The van der Waals surface area contributed by atoms with E-state index in [1.807, 2.05) is 61.5 Å². The molecule has 5 rings (SSSR count). The first kappa shape index (κ1) is 36.2. The van der Waals surface area contributed by atoms with Crippen molar-refractivity contribution in [2.75, 3.05) is 48.3 Å². The van der Waals surface area contributed by atoms with Crippen molar-refractivity contribution in [1.29, 1.82) is 0 Å². The van der Waals surface area contributed by atoms with Crippen molar-refractivity contribution in [3.63, 3.8) is 0 Å². The van der Waals surface area contributed by atoms with E-state index < -0.39 is 0 Å². The van der Waals surface area contributed by atoms with Crippen LogP contribution in [0.25, 0.3) is 26.9 Å². The zero-order valence-corrected chi connectivity index (χ0v) is 30.0. The van der Waals surface area contributed by atoms with Crippen LogP contribution in [-0.4, -0.2) is 71.2 Å². The van der Waals surface area contributed by atoms with Gasteiger partial charge in [0.05, 0.1) is 38.7 Å². The number of aromatic nitrogens is 1. The molecule has 0 saturated carbocycles. The zero-order chi connectivity index (χ0) is 35.5. The van der Waals surface area contributed by atoms with Gasteiger partial charge in [-0.25, -0.2) is 4.98 Å². The van der Waals surface area contributed by atoms with Gasteiger partial charge in [0.15, 0.2) is 28.8 Å². The highest BCUT2D eigenvalue weighted by molar-refractivity contribution is 7.21. The molecule has 0 bridgehead atoms. The Kier molecular flexibility index (Phi) is 12.7. The lowest BCUT2D eigenvalue weighted by Crippen LogP contribution is -2.42. The smallest absolute Gasteiger partial charge is 0.203 e. The van der Waals surface area contributed by atoms with Gasteiger partial charge in [0.1, 0.15) is 23.6 Å². The summed E-state index contributed by atoms with van der Waals surface area (Å²) in [5, 5.41) is 7.80. The van der Waals surface area contributed by atoms with Crippen LogP contribution in [0.4, 0.5) is 0 Å². The molecule has 10 nitrogen and oxygen atoms in total. The Morgan fingerprint density at radius 2 is 1.58 bits per heavy atom. The van der Waals surface area contributed by atoms with Gasteiger partial charge in [-0.05, 0) is 74.0 Å². The van der Waals surface area contributed by atoms with E-state index in [0.717, 1.165) is 27.4 Å². The molecule has 0 aliphatic carbocycles. The summed E-state index contributed by atoms with van der Waals surface area (Å²) in [6.07, 6.45) is 3.05. The number of hydrogen-bond acceptors (Lipinski definition) is 11. The lowest BCUT2D eigenvalue weighted by Gasteiger charge is -2.24. The molecule has 4 aromatic carbocycles. The average molecular weight is 698 g/mol. The van der Waals surface area contributed by atoms with E-state index in [9.17, 15) is 4.79 Å². The lowest BCUT2D eigenvalue weighted by atomic mass is 10.1. The summed E-state index contributed by atoms with van der Waals surface area (Å²) in [7, 11) is 6.14. The van der Waals surface area contributed by atoms with E-state index >= 15 is 0 Å². The maximum atomic E-state index is 13.0. The first-order valence-corrected chi connectivity index (χ1v) is 17.0. The molecule has 1 aromatic heterocycles. The Morgan fingerprint density at radius 1 is 0.820 bits per heavy atom. The van der Waals surface area contributed by atoms with E-state index in [1.54, 1.807) is 36.7 Å². The van der Waals surface area contributed by atoms with Crippen molar-refractivity contribution < 1.29 is 33.2 Å².